The van der Waals surface area contributed by atoms with Crippen LogP contribution in [0.2, 0.25) is 0 Å². The summed E-state index contributed by atoms with van der Waals surface area (Å²) in [5.41, 5.74) is 0.765. The molecule has 1 rings (SSSR count). The number of thiazole rings is 1. The molecular formula is C14H24F3N3S. The van der Waals surface area contributed by atoms with Gasteiger partial charge in [0.2, 0.25) is 0 Å². The second kappa shape index (κ2) is 6.96. The Morgan fingerprint density at radius 2 is 1.86 bits per heavy atom. The first-order valence-corrected chi connectivity index (χ1v) is 7.86. The highest BCUT2D eigenvalue weighted by Gasteiger charge is 2.32. The summed E-state index contributed by atoms with van der Waals surface area (Å²) in [5.74, 6) is 0. The number of halogens is 3. The number of alkyl halides is 3. The molecule has 3 nitrogen and oxygen atoms in total. The summed E-state index contributed by atoms with van der Waals surface area (Å²) in [4.78, 5) is 6.63. The molecule has 0 aliphatic rings. The third kappa shape index (κ3) is 6.65. The van der Waals surface area contributed by atoms with Crippen LogP contribution in [0.25, 0.3) is 0 Å². The normalized spacial score (nSPS) is 12.8. The fraction of sp³-hybridized carbons (Fsp3) is 0.786. The zero-order chi connectivity index (χ0) is 16.3. The Bertz CT molecular complexity index is 449. The van der Waals surface area contributed by atoms with E-state index in [1.165, 1.54) is 16.2 Å². The summed E-state index contributed by atoms with van der Waals surface area (Å²) < 4.78 is 37.9. The number of anilines is 1. The van der Waals surface area contributed by atoms with Gasteiger partial charge in [0, 0.05) is 23.5 Å². The highest BCUT2D eigenvalue weighted by molar-refractivity contribution is 7.15. The highest BCUT2D eigenvalue weighted by Crippen LogP contribution is 2.29. The Kier molecular flexibility index (Phi) is 6.04. The van der Waals surface area contributed by atoms with Gasteiger partial charge in [-0.15, -0.1) is 11.3 Å². The lowest BCUT2D eigenvalue weighted by atomic mass is 10.1. The first-order valence-electron chi connectivity index (χ1n) is 7.05. The lowest BCUT2D eigenvalue weighted by Crippen LogP contribution is -2.35. The van der Waals surface area contributed by atoms with Crippen LogP contribution in [0.15, 0.2) is 0 Å². The Hall–Kier alpha value is -0.820. The van der Waals surface area contributed by atoms with Gasteiger partial charge in [-0.25, -0.2) is 4.98 Å². The van der Waals surface area contributed by atoms with E-state index in [1.54, 1.807) is 0 Å². The predicted molar refractivity (Wildman–Crippen MR) is 82.0 cm³/mol. The number of aryl methyl sites for hydroxylation is 1. The van der Waals surface area contributed by atoms with Crippen molar-refractivity contribution in [2.75, 3.05) is 18.0 Å². The second-order valence-corrected chi connectivity index (χ2v) is 7.21. The number of aromatic nitrogens is 1. The topological polar surface area (TPSA) is 28.2 Å². The lowest BCUT2D eigenvalue weighted by molar-refractivity contribution is -0.119. The van der Waals surface area contributed by atoms with Gasteiger partial charge in [-0.1, -0.05) is 6.92 Å². The molecule has 0 unspecified atom stereocenters. The first-order chi connectivity index (χ1) is 9.52. The Morgan fingerprint density at radius 1 is 1.24 bits per heavy atom. The maximum atomic E-state index is 12.6. The van der Waals surface area contributed by atoms with E-state index in [9.17, 15) is 13.2 Å². The molecule has 0 fully saturated rings. The number of rotatable bonds is 6. The minimum Gasteiger partial charge on any atom is -0.339 e. The highest BCUT2D eigenvalue weighted by atomic mass is 32.1. The summed E-state index contributed by atoms with van der Waals surface area (Å²) >= 11 is 1.34. The molecule has 1 heterocycles. The molecule has 7 heteroatoms. The minimum atomic E-state index is -4.21. The molecule has 1 N–H and O–H groups in total. The maximum absolute atomic E-state index is 12.6. The molecule has 0 radical (unpaired) electrons. The van der Waals surface area contributed by atoms with Crippen molar-refractivity contribution in [1.82, 2.24) is 10.3 Å². The van der Waals surface area contributed by atoms with Crippen LogP contribution in [-0.4, -0.2) is 29.8 Å². The molecule has 0 aromatic carbocycles. The fourth-order valence-corrected chi connectivity index (χ4v) is 2.81. The third-order valence-electron chi connectivity index (χ3n) is 2.79. The Labute approximate surface area is 128 Å². The van der Waals surface area contributed by atoms with E-state index in [0.717, 1.165) is 10.6 Å². The van der Waals surface area contributed by atoms with Crippen molar-refractivity contribution in [3.8, 4) is 0 Å². The Morgan fingerprint density at radius 3 is 2.33 bits per heavy atom. The van der Waals surface area contributed by atoms with Crippen molar-refractivity contribution >= 4 is 16.5 Å². The number of hydrogen-bond donors (Lipinski definition) is 1. The van der Waals surface area contributed by atoms with Crippen molar-refractivity contribution in [1.29, 1.82) is 0 Å². The zero-order valence-electron chi connectivity index (χ0n) is 13.3. The molecular weight excluding hydrogens is 299 g/mol. The lowest BCUT2D eigenvalue weighted by Gasteiger charge is -2.22. The third-order valence-corrected chi connectivity index (χ3v) is 4.01. The maximum Gasteiger partial charge on any atom is 0.406 e. The summed E-state index contributed by atoms with van der Waals surface area (Å²) in [6, 6.07) is 0. The quantitative estimate of drug-likeness (QED) is 0.853. The van der Waals surface area contributed by atoms with Gasteiger partial charge in [-0.05, 0) is 34.1 Å². The average Bonchev–Trinajstić information content (AvgIpc) is 2.65. The Balaban J connectivity index is 2.85. The van der Waals surface area contributed by atoms with Crippen LogP contribution in [0.5, 0.6) is 0 Å². The summed E-state index contributed by atoms with van der Waals surface area (Å²) in [6.07, 6.45) is -3.55. The molecule has 0 amide bonds. The summed E-state index contributed by atoms with van der Waals surface area (Å²) in [6.45, 7) is 9.91. The standard InChI is InChI=1S/C14H24F3N3S/c1-6-7-20(9-14(15,16)17)12-19-10(2)11(21-12)8-18-13(3,4)5/h18H,6-9H2,1-5H3. The van der Waals surface area contributed by atoms with Gasteiger partial charge in [0.05, 0.1) is 5.69 Å². The SMILES string of the molecule is CCCN(CC(F)(F)F)c1nc(C)c(CNC(C)(C)C)s1. The van der Waals surface area contributed by atoms with Crippen molar-refractivity contribution in [2.45, 2.75) is 59.3 Å². The first kappa shape index (κ1) is 18.2. The smallest absolute Gasteiger partial charge is 0.339 e. The molecule has 0 aliphatic heterocycles. The van der Waals surface area contributed by atoms with E-state index in [-0.39, 0.29) is 5.54 Å². The molecule has 0 spiro atoms. The fourth-order valence-electron chi connectivity index (χ4n) is 1.79. The summed E-state index contributed by atoms with van der Waals surface area (Å²) in [7, 11) is 0. The molecule has 0 atom stereocenters. The van der Waals surface area contributed by atoms with Crippen LogP contribution in [0, 0.1) is 6.92 Å². The molecule has 0 bridgehead atoms. The van der Waals surface area contributed by atoms with Gasteiger partial charge in [0.15, 0.2) is 5.13 Å². The van der Waals surface area contributed by atoms with Crippen LogP contribution < -0.4 is 10.2 Å². The van der Waals surface area contributed by atoms with Gasteiger partial charge in [-0.2, -0.15) is 13.2 Å². The zero-order valence-corrected chi connectivity index (χ0v) is 14.1. The van der Waals surface area contributed by atoms with Crippen LogP contribution in [0.1, 0.15) is 44.7 Å². The number of hydrogen-bond acceptors (Lipinski definition) is 4. The van der Waals surface area contributed by atoms with E-state index in [1.807, 2.05) is 13.8 Å². The van der Waals surface area contributed by atoms with E-state index in [4.69, 9.17) is 0 Å². The van der Waals surface area contributed by atoms with Crippen molar-refractivity contribution in [3.05, 3.63) is 10.6 Å². The van der Waals surface area contributed by atoms with Gasteiger partial charge in [0.1, 0.15) is 6.54 Å². The van der Waals surface area contributed by atoms with Crippen molar-refractivity contribution in [3.63, 3.8) is 0 Å². The molecule has 122 valence electrons. The minimum absolute atomic E-state index is 0.0360. The van der Waals surface area contributed by atoms with Crippen LogP contribution >= 0.6 is 11.3 Å². The monoisotopic (exact) mass is 323 g/mol. The van der Waals surface area contributed by atoms with Gasteiger partial charge in [-0.3, -0.25) is 0 Å². The molecule has 0 aliphatic carbocycles. The second-order valence-electron chi connectivity index (χ2n) is 6.15. The van der Waals surface area contributed by atoms with Crippen LogP contribution in [0.3, 0.4) is 0 Å². The largest absolute Gasteiger partial charge is 0.406 e. The van der Waals surface area contributed by atoms with Crippen molar-refractivity contribution in [2.24, 2.45) is 0 Å². The molecule has 21 heavy (non-hydrogen) atoms. The van der Waals surface area contributed by atoms with Gasteiger partial charge >= 0.3 is 6.18 Å². The predicted octanol–water partition coefficient (Wildman–Crippen LogP) is 4.12. The number of nitrogens with zero attached hydrogens (tertiary/aromatic N) is 2. The van der Waals surface area contributed by atoms with Crippen LogP contribution in [0.4, 0.5) is 18.3 Å². The van der Waals surface area contributed by atoms with E-state index in [2.05, 4.69) is 31.1 Å². The molecule has 0 saturated carbocycles. The van der Waals surface area contributed by atoms with Crippen molar-refractivity contribution < 1.29 is 13.2 Å². The van der Waals surface area contributed by atoms with E-state index in [0.29, 0.717) is 24.6 Å². The van der Waals surface area contributed by atoms with Gasteiger partial charge in [0.25, 0.3) is 0 Å². The molecule has 1 aromatic heterocycles. The van der Waals surface area contributed by atoms with E-state index < -0.39 is 12.7 Å². The average molecular weight is 323 g/mol. The summed E-state index contributed by atoms with van der Waals surface area (Å²) in [5, 5.41) is 3.80. The number of nitrogens with one attached hydrogen (secondary N) is 1. The molecule has 0 saturated heterocycles. The van der Waals surface area contributed by atoms with Gasteiger partial charge < -0.3 is 10.2 Å². The van der Waals surface area contributed by atoms with E-state index >= 15 is 0 Å². The van der Waals surface area contributed by atoms with Crippen LogP contribution in [-0.2, 0) is 6.54 Å². The molecule has 1 aromatic rings.